The number of hydrogen-bond acceptors (Lipinski definition) is 3. The maximum atomic E-state index is 13.9. The fourth-order valence-electron chi connectivity index (χ4n) is 2.68. The largest absolute Gasteiger partial charge is 0.360 e. The number of nitrogens with one attached hydrogen (secondary N) is 1. The Balaban J connectivity index is 2.37. The monoisotopic (exact) mass is 293 g/mol. The number of piperazine rings is 1. The Kier molecular flexibility index (Phi) is 4.83. The van der Waals surface area contributed by atoms with Gasteiger partial charge in [0.2, 0.25) is 5.91 Å². The summed E-state index contributed by atoms with van der Waals surface area (Å²) in [5, 5.41) is 3.32. The molecule has 0 bridgehead atoms. The molecule has 0 spiro atoms. The average molecular weight is 293 g/mol. The number of aryl methyl sites for hydroxylation is 1. The lowest BCUT2D eigenvalue weighted by Gasteiger charge is -2.35. The minimum absolute atomic E-state index is 0.0508. The number of nitrogens with zero attached hydrogens (tertiary/aromatic N) is 2. The van der Waals surface area contributed by atoms with E-state index in [4.69, 9.17) is 0 Å². The van der Waals surface area contributed by atoms with E-state index in [1.54, 1.807) is 17.9 Å². The van der Waals surface area contributed by atoms with Crippen molar-refractivity contribution < 1.29 is 9.18 Å². The topological polar surface area (TPSA) is 35.6 Å². The fraction of sp³-hybridized carbons (Fsp3) is 0.562. The summed E-state index contributed by atoms with van der Waals surface area (Å²) < 4.78 is 13.9. The van der Waals surface area contributed by atoms with Gasteiger partial charge in [0.15, 0.2) is 0 Å². The Morgan fingerprint density at radius 3 is 2.71 bits per heavy atom. The molecule has 1 atom stereocenters. The highest BCUT2D eigenvalue weighted by atomic mass is 19.1. The number of halogens is 1. The summed E-state index contributed by atoms with van der Waals surface area (Å²) in [6.07, 6.45) is 0. The maximum Gasteiger partial charge on any atom is 0.241 e. The van der Waals surface area contributed by atoms with Gasteiger partial charge < -0.3 is 15.1 Å². The lowest BCUT2D eigenvalue weighted by molar-refractivity contribution is -0.129. The molecule has 1 aliphatic rings. The SMILES string of the molecule is CCNC(C)c1cc(F)c(C)cc1N1CCN(C)C(=O)C1. The van der Waals surface area contributed by atoms with E-state index in [-0.39, 0.29) is 17.8 Å². The summed E-state index contributed by atoms with van der Waals surface area (Å²) >= 11 is 0. The van der Waals surface area contributed by atoms with Crippen LogP contribution in [0.5, 0.6) is 0 Å². The quantitative estimate of drug-likeness (QED) is 0.923. The Morgan fingerprint density at radius 1 is 1.38 bits per heavy atom. The number of likely N-dealkylation sites (N-methyl/N-ethyl adjacent to an activating group) is 1. The van der Waals surface area contributed by atoms with Gasteiger partial charge in [-0.2, -0.15) is 0 Å². The third-order valence-electron chi connectivity index (χ3n) is 4.08. The van der Waals surface area contributed by atoms with Crippen molar-refractivity contribution in [2.45, 2.75) is 26.8 Å². The first kappa shape index (κ1) is 15.8. The number of rotatable bonds is 4. The van der Waals surface area contributed by atoms with Gasteiger partial charge in [-0.3, -0.25) is 4.79 Å². The number of carbonyl (C=O) groups excluding carboxylic acids is 1. The minimum atomic E-state index is -0.195. The van der Waals surface area contributed by atoms with Crippen molar-refractivity contribution in [3.05, 3.63) is 29.1 Å². The van der Waals surface area contributed by atoms with Gasteiger partial charge in [-0.15, -0.1) is 0 Å². The molecule has 0 aliphatic carbocycles. The molecule has 1 N–H and O–H groups in total. The van der Waals surface area contributed by atoms with Crippen molar-refractivity contribution in [2.24, 2.45) is 0 Å². The lowest BCUT2D eigenvalue weighted by Crippen LogP contribution is -2.49. The second kappa shape index (κ2) is 6.43. The first-order valence-corrected chi connectivity index (χ1v) is 7.46. The summed E-state index contributed by atoms with van der Waals surface area (Å²) in [5.74, 6) is -0.0933. The van der Waals surface area contributed by atoms with Crippen LogP contribution in [-0.4, -0.2) is 44.0 Å². The van der Waals surface area contributed by atoms with E-state index in [1.165, 1.54) is 0 Å². The number of carbonyl (C=O) groups is 1. The molecule has 1 heterocycles. The second-order valence-electron chi connectivity index (χ2n) is 5.68. The molecule has 1 amide bonds. The molecule has 1 aliphatic heterocycles. The third-order valence-corrected chi connectivity index (χ3v) is 4.08. The molecule has 1 saturated heterocycles. The molecule has 21 heavy (non-hydrogen) atoms. The van der Waals surface area contributed by atoms with Gasteiger partial charge in [0.1, 0.15) is 5.82 Å². The molecule has 5 heteroatoms. The van der Waals surface area contributed by atoms with E-state index >= 15 is 0 Å². The van der Waals surface area contributed by atoms with Gasteiger partial charge in [0.05, 0.1) is 6.54 Å². The number of benzene rings is 1. The Bertz CT molecular complexity index is 532. The molecule has 1 fully saturated rings. The zero-order valence-corrected chi connectivity index (χ0v) is 13.2. The third kappa shape index (κ3) is 3.35. The molecule has 2 rings (SSSR count). The summed E-state index contributed by atoms with van der Waals surface area (Å²) in [6.45, 7) is 8.46. The zero-order chi connectivity index (χ0) is 15.6. The maximum absolute atomic E-state index is 13.9. The van der Waals surface area contributed by atoms with Crippen LogP contribution in [0.1, 0.15) is 31.0 Å². The van der Waals surface area contributed by atoms with Crippen molar-refractivity contribution in [3.8, 4) is 0 Å². The van der Waals surface area contributed by atoms with Gasteiger partial charge in [-0.25, -0.2) is 4.39 Å². The summed E-state index contributed by atoms with van der Waals surface area (Å²) in [5.41, 5.74) is 2.49. The zero-order valence-electron chi connectivity index (χ0n) is 13.2. The predicted molar refractivity (Wildman–Crippen MR) is 83.1 cm³/mol. The van der Waals surface area contributed by atoms with Crippen molar-refractivity contribution in [1.29, 1.82) is 0 Å². The van der Waals surface area contributed by atoms with Gasteiger partial charge in [-0.1, -0.05) is 6.92 Å². The van der Waals surface area contributed by atoms with Crippen molar-refractivity contribution in [1.82, 2.24) is 10.2 Å². The van der Waals surface area contributed by atoms with E-state index < -0.39 is 0 Å². The van der Waals surface area contributed by atoms with Crippen LogP contribution < -0.4 is 10.2 Å². The van der Waals surface area contributed by atoms with Crippen LogP contribution >= 0.6 is 0 Å². The highest BCUT2D eigenvalue weighted by Crippen LogP contribution is 2.30. The van der Waals surface area contributed by atoms with Gasteiger partial charge in [0, 0.05) is 31.9 Å². The number of anilines is 1. The van der Waals surface area contributed by atoms with Crippen LogP contribution in [0.25, 0.3) is 0 Å². The first-order chi connectivity index (χ1) is 9.93. The van der Waals surface area contributed by atoms with Gasteiger partial charge >= 0.3 is 0 Å². The smallest absolute Gasteiger partial charge is 0.241 e. The average Bonchev–Trinajstić information content (AvgIpc) is 2.44. The predicted octanol–water partition coefficient (Wildman–Crippen LogP) is 2.08. The van der Waals surface area contributed by atoms with Crippen molar-refractivity contribution >= 4 is 11.6 Å². The number of hydrogen-bond donors (Lipinski definition) is 1. The van der Waals surface area contributed by atoms with Crippen LogP contribution in [0.2, 0.25) is 0 Å². The van der Waals surface area contributed by atoms with Crippen LogP contribution in [0, 0.1) is 12.7 Å². The highest BCUT2D eigenvalue weighted by Gasteiger charge is 2.25. The molecule has 0 radical (unpaired) electrons. The summed E-state index contributed by atoms with van der Waals surface area (Å²) in [6, 6.07) is 3.51. The minimum Gasteiger partial charge on any atom is -0.360 e. The Morgan fingerprint density at radius 2 is 2.10 bits per heavy atom. The Labute approximate surface area is 125 Å². The van der Waals surface area contributed by atoms with Crippen LogP contribution in [-0.2, 0) is 4.79 Å². The molecular weight excluding hydrogens is 269 g/mol. The van der Waals surface area contributed by atoms with Crippen LogP contribution in [0.15, 0.2) is 12.1 Å². The van der Waals surface area contributed by atoms with E-state index in [2.05, 4.69) is 10.2 Å². The Hall–Kier alpha value is -1.62. The van der Waals surface area contributed by atoms with Crippen molar-refractivity contribution in [2.75, 3.05) is 38.1 Å². The molecule has 1 aromatic carbocycles. The van der Waals surface area contributed by atoms with E-state index in [1.807, 2.05) is 27.0 Å². The standard InChI is InChI=1S/C16H24FN3O/c1-5-18-12(3)13-9-14(17)11(2)8-15(13)20-7-6-19(4)16(21)10-20/h8-9,12,18H,5-7,10H2,1-4H3. The molecule has 0 aromatic heterocycles. The van der Waals surface area contributed by atoms with Gasteiger partial charge in [0.25, 0.3) is 0 Å². The van der Waals surface area contributed by atoms with Crippen molar-refractivity contribution in [3.63, 3.8) is 0 Å². The molecule has 4 nitrogen and oxygen atoms in total. The van der Waals surface area contributed by atoms with E-state index in [0.29, 0.717) is 18.7 Å². The van der Waals surface area contributed by atoms with E-state index in [0.717, 1.165) is 24.3 Å². The summed E-state index contributed by atoms with van der Waals surface area (Å²) in [7, 11) is 1.82. The second-order valence-corrected chi connectivity index (χ2v) is 5.68. The fourth-order valence-corrected chi connectivity index (χ4v) is 2.68. The molecule has 116 valence electrons. The van der Waals surface area contributed by atoms with Crippen LogP contribution in [0.3, 0.4) is 0 Å². The molecular formula is C16H24FN3O. The van der Waals surface area contributed by atoms with Crippen LogP contribution in [0.4, 0.5) is 10.1 Å². The van der Waals surface area contributed by atoms with E-state index in [9.17, 15) is 9.18 Å². The first-order valence-electron chi connectivity index (χ1n) is 7.46. The molecule has 1 unspecified atom stereocenters. The lowest BCUT2D eigenvalue weighted by atomic mass is 10.0. The van der Waals surface area contributed by atoms with Gasteiger partial charge in [-0.05, 0) is 43.7 Å². The number of amides is 1. The normalized spacial score (nSPS) is 17.3. The molecule has 0 saturated carbocycles. The summed E-state index contributed by atoms with van der Waals surface area (Å²) in [4.78, 5) is 15.7. The highest BCUT2D eigenvalue weighted by molar-refractivity contribution is 5.83. The molecule has 1 aromatic rings.